The van der Waals surface area contributed by atoms with Gasteiger partial charge in [0.1, 0.15) is 23.9 Å². The Morgan fingerprint density at radius 2 is 1.92 bits per heavy atom. The predicted octanol–water partition coefficient (Wildman–Crippen LogP) is 3.22. The molecule has 1 heterocycles. The Bertz CT molecular complexity index is 692. The Balaban J connectivity index is 2.35. The number of hydrogen-bond donors (Lipinski definition) is 1. The number of hydrogen-bond acceptors (Lipinski definition) is 4. The van der Waals surface area contributed by atoms with Gasteiger partial charge < -0.3 is 19.2 Å². The summed E-state index contributed by atoms with van der Waals surface area (Å²) in [6, 6.07) is 7.94. The third-order valence-electron chi connectivity index (χ3n) is 3.80. The Kier molecular flexibility index (Phi) is 5.75. The average Bonchev–Trinajstić information content (AvgIpc) is 2.99. The number of nitrogens with one attached hydrogen (secondary N) is 1. The number of halogens is 1. The molecule has 0 spiro atoms. The van der Waals surface area contributed by atoms with E-state index in [9.17, 15) is 9.18 Å². The molecule has 0 saturated heterocycles. The molecule has 6 heteroatoms. The molecule has 0 fully saturated rings. The van der Waals surface area contributed by atoms with Crippen LogP contribution in [-0.2, 0) is 21.5 Å². The van der Waals surface area contributed by atoms with Crippen LogP contribution in [0.3, 0.4) is 0 Å². The Morgan fingerprint density at radius 3 is 2.50 bits per heavy atom. The summed E-state index contributed by atoms with van der Waals surface area (Å²) in [5.74, 6) is 0.0819. The Hall–Kier alpha value is -2.18. The van der Waals surface area contributed by atoms with E-state index in [-0.39, 0.29) is 24.2 Å². The number of ether oxygens (including phenoxy) is 2. The fourth-order valence-corrected chi connectivity index (χ4v) is 2.19. The highest BCUT2D eigenvalue weighted by molar-refractivity contribution is 5.93. The molecule has 5 nitrogen and oxygen atoms in total. The maximum absolute atomic E-state index is 13.1. The summed E-state index contributed by atoms with van der Waals surface area (Å²) in [6.07, 6.45) is 0.444. The van der Waals surface area contributed by atoms with Gasteiger partial charge in [-0.25, -0.2) is 4.39 Å². The lowest BCUT2D eigenvalue weighted by atomic mass is 10.0. The first kappa shape index (κ1) is 18.2. The first-order valence-electron chi connectivity index (χ1n) is 7.57. The van der Waals surface area contributed by atoms with E-state index in [2.05, 4.69) is 5.32 Å². The lowest BCUT2D eigenvalue weighted by molar-refractivity contribution is 0.000198. The average molecular weight is 335 g/mol. The normalized spacial score (nSPS) is 11.5. The smallest absolute Gasteiger partial charge is 0.289 e. The Morgan fingerprint density at radius 1 is 1.25 bits per heavy atom. The molecule has 0 aliphatic rings. The van der Waals surface area contributed by atoms with Crippen LogP contribution in [0.4, 0.5) is 4.39 Å². The SMILES string of the molecule is COCNC(=O)c1oc(C(C)(C)OC)cc1Cc1ccc(F)cc1. The van der Waals surface area contributed by atoms with Crippen molar-refractivity contribution in [2.45, 2.75) is 25.9 Å². The van der Waals surface area contributed by atoms with Crippen molar-refractivity contribution >= 4 is 5.91 Å². The van der Waals surface area contributed by atoms with Gasteiger partial charge in [-0.3, -0.25) is 4.79 Å². The standard InChI is InChI=1S/C18H22FNO4/c1-18(2,23-4)15-10-13(9-12-5-7-14(19)8-6-12)16(24-15)17(21)20-11-22-3/h5-8,10H,9,11H2,1-4H3,(H,20,21). The van der Waals surface area contributed by atoms with E-state index < -0.39 is 5.60 Å². The summed E-state index contributed by atoms with van der Waals surface area (Å²) < 4.78 is 29.1. The third kappa shape index (κ3) is 4.21. The van der Waals surface area contributed by atoms with Crippen LogP contribution < -0.4 is 5.32 Å². The molecule has 2 rings (SSSR count). The fraction of sp³-hybridized carbons (Fsp3) is 0.389. The summed E-state index contributed by atoms with van der Waals surface area (Å²) in [5, 5.41) is 2.61. The highest BCUT2D eigenvalue weighted by atomic mass is 19.1. The Labute approximate surface area is 140 Å². The zero-order chi connectivity index (χ0) is 17.7. The molecule has 1 aromatic carbocycles. The van der Waals surface area contributed by atoms with E-state index in [1.165, 1.54) is 19.2 Å². The number of carbonyl (C=O) groups is 1. The van der Waals surface area contributed by atoms with Crippen molar-refractivity contribution in [2.75, 3.05) is 21.0 Å². The number of amides is 1. The lowest BCUT2D eigenvalue weighted by Gasteiger charge is -2.19. The largest absolute Gasteiger partial charge is 0.453 e. The van der Waals surface area contributed by atoms with Gasteiger partial charge in [-0.1, -0.05) is 12.1 Å². The number of methoxy groups -OCH3 is 2. The van der Waals surface area contributed by atoms with Crippen molar-refractivity contribution in [3.05, 3.63) is 58.8 Å². The van der Waals surface area contributed by atoms with E-state index in [1.54, 1.807) is 25.3 Å². The van der Waals surface area contributed by atoms with Gasteiger partial charge in [0.05, 0.1) is 0 Å². The molecule has 24 heavy (non-hydrogen) atoms. The number of benzene rings is 1. The minimum atomic E-state index is -0.669. The quantitative estimate of drug-likeness (QED) is 0.789. The molecule has 1 N–H and O–H groups in total. The van der Waals surface area contributed by atoms with Crippen molar-refractivity contribution in [3.63, 3.8) is 0 Å². The summed E-state index contributed by atoms with van der Waals surface area (Å²) in [7, 11) is 3.06. The van der Waals surface area contributed by atoms with E-state index in [0.29, 0.717) is 17.7 Å². The van der Waals surface area contributed by atoms with Crippen molar-refractivity contribution in [1.29, 1.82) is 0 Å². The van der Waals surface area contributed by atoms with Crippen molar-refractivity contribution in [3.8, 4) is 0 Å². The molecule has 130 valence electrons. The minimum absolute atomic E-state index is 0.0819. The second kappa shape index (κ2) is 7.59. The van der Waals surface area contributed by atoms with Gasteiger partial charge in [-0.05, 0) is 37.6 Å². The molecule has 0 aliphatic heterocycles. The lowest BCUT2D eigenvalue weighted by Crippen LogP contribution is -2.26. The summed E-state index contributed by atoms with van der Waals surface area (Å²) >= 11 is 0. The fourth-order valence-electron chi connectivity index (χ4n) is 2.19. The number of furan rings is 1. The van der Waals surface area contributed by atoms with Crippen LogP contribution in [0.15, 0.2) is 34.7 Å². The minimum Gasteiger partial charge on any atom is -0.453 e. The van der Waals surface area contributed by atoms with Crippen LogP contribution in [0.1, 0.15) is 41.3 Å². The zero-order valence-corrected chi connectivity index (χ0v) is 14.3. The summed E-state index contributed by atoms with van der Waals surface area (Å²) in [6.45, 7) is 3.78. The van der Waals surface area contributed by atoms with Crippen LogP contribution in [-0.4, -0.2) is 26.9 Å². The molecule has 1 aromatic heterocycles. The summed E-state index contributed by atoms with van der Waals surface area (Å²) in [4.78, 5) is 12.3. The van der Waals surface area contributed by atoms with Gasteiger partial charge in [0.25, 0.3) is 5.91 Å². The highest BCUT2D eigenvalue weighted by Crippen LogP contribution is 2.29. The molecule has 0 aliphatic carbocycles. The van der Waals surface area contributed by atoms with Gasteiger partial charge >= 0.3 is 0 Å². The third-order valence-corrected chi connectivity index (χ3v) is 3.80. The first-order chi connectivity index (χ1) is 11.4. The molecule has 0 bridgehead atoms. The van der Waals surface area contributed by atoms with Gasteiger partial charge in [0.2, 0.25) is 0 Å². The molecule has 1 amide bonds. The van der Waals surface area contributed by atoms with Gasteiger partial charge in [-0.2, -0.15) is 0 Å². The van der Waals surface area contributed by atoms with Crippen LogP contribution in [0, 0.1) is 5.82 Å². The van der Waals surface area contributed by atoms with Crippen molar-refractivity contribution in [1.82, 2.24) is 5.32 Å². The van der Waals surface area contributed by atoms with Crippen molar-refractivity contribution < 1.29 is 23.1 Å². The molecule has 0 radical (unpaired) electrons. The predicted molar refractivity (Wildman–Crippen MR) is 87.3 cm³/mol. The van der Waals surface area contributed by atoms with Crippen LogP contribution in [0.5, 0.6) is 0 Å². The second-order valence-corrected chi connectivity index (χ2v) is 5.92. The van der Waals surface area contributed by atoms with Gasteiger partial charge in [-0.15, -0.1) is 0 Å². The van der Waals surface area contributed by atoms with Gasteiger partial charge in [0.15, 0.2) is 5.76 Å². The first-order valence-corrected chi connectivity index (χ1v) is 7.57. The van der Waals surface area contributed by atoms with Crippen molar-refractivity contribution in [2.24, 2.45) is 0 Å². The summed E-state index contributed by atoms with van der Waals surface area (Å²) in [5.41, 5.74) is 0.909. The maximum Gasteiger partial charge on any atom is 0.289 e. The second-order valence-electron chi connectivity index (χ2n) is 5.92. The molecule has 2 aromatic rings. The highest BCUT2D eigenvalue weighted by Gasteiger charge is 2.28. The number of rotatable bonds is 7. The van der Waals surface area contributed by atoms with E-state index in [4.69, 9.17) is 13.9 Å². The maximum atomic E-state index is 13.1. The number of carbonyl (C=O) groups excluding carboxylic acids is 1. The zero-order valence-electron chi connectivity index (χ0n) is 14.3. The van der Waals surface area contributed by atoms with Crippen LogP contribution >= 0.6 is 0 Å². The van der Waals surface area contributed by atoms with E-state index in [1.807, 2.05) is 13.8 Å². The van der Waals surface area contributed by atoms with Gasteiger partial charge in [0, 0.05) is 26.2 Å². The van der Waals surface area contributed by atoms with Crippen LogP contribution in [0.2, 0.25) is 0 Å². The molecular formula is C18H22FNO4. The monoisotopic (exact) mass is 335 g/mol. The van der Waals surface area contributed by atoms with E-state index in [0.717, 1.165) is 5.56 Å². The topological polar surface area (TPSA) is 60.7 Å². The molecular weight excluding hydrogens is 313 g/mol. The molecule has 0 saturated carbocycles. The molecule has 0 unspecified atom stereocenters. The molecule has 0 atom stereocenters. The van der Waals surface area contributed by atoms with Crippen LogP contribution in [0.25, 0.3) is 0 Å². The van der Waals surface area contributed by atoms with E-state index >= 15 is 0 Å².